The Morgan fingerprint density at radius 2 is 2.03 bits per heavy atom. The van der Waals surface area contributed by atoms with Gasteiger partial charge in [-0.25, -0.2) is 14.8 Å². The van der Waals surface area contributed by atoms with Crippen molar-refractivity contribution in [2.45, 2.75) is 64.5 Å². The minimum absolute atomic E-state index is 0.0787. The monoisotopic (exact) mass is 431 g/mol. The number of likely N-dealkylation sites (tertiary alicyclic amines) is 1. The number of carbonyl (C=O) groups excluding carboxylic acids is 1. The van der Waals surface area contributed by atoms with Crippen LogP contribution in [-0.4, -0.2) is 89.6 Å². The highest BCUT2D eigenvalue weighted by Crippen LogP contribution is 2.34. The zero-order valence-electron chi connectivity index (χ0n) is 19.8. The summed E-state index contributed by atoms with van der Waals surface area (Å²) < 4.78 is 0. The molecule has 1 saturated heterocycles. The van der Waals surface area contributed by atoms with E-state index in [1.807, 2.05) is 11.1 Å². The fraction of sp³-hybridized carbons (Fsp3) is 0.783. The molecule has 3 rings (SSSR count). The summed E-state index contributed by atoms with van der Waals surface area (Å²) in [5, 5.41) is 3.35. The van der Waals surface area contributed by atoms with Crippen LogP contribution in [0.5, 0.6) is 0 Å². The number of urea groups is 1. The summed E-state index contributed by atoms with van der Waals surface area (Å²) in [6.07, 6.45) is 8.06. The summed E-state index contributed by atoms with van der Waals surface area (Å²) >= 11 is 0. The van der Waals surface area contributed by atoms with Gasteiger partial charge < -0.3 is 20.9 Å². The van der Waals surface area contributed by atoms with Gasteiger partial charge in [-0.3, -0.25) is 4.90 Å². The highest BCUT2D eigenvalue weighted by molar-refractivity contribution is 5.74. The third kappa shape index (κ3) is 6.29. The van der Waals surface area contributed by atoms with Crippen LogP contribution in [0.4, 0.5) is 10.7 Å². The van der Waals surface area contributed by atoms with Gasteiger partial charge in [-0.05, 0) is 84.1 Å². The quantitative estimate of drug-likeness (QED) is 0.581. The van der Waals surface area contributed by atoms with Crippen LogP contribution in [0.25, 0.3) is 0 Å². The number of nitrogen functional groups attached to an aromatic ring is 1. The van der Waals surface area contributed by atoms with Crippen molar-refractivity contribution in [3.8, 4) is 0 Å². The number of nitrogens with zero attached hydrogens (tertiary/aromatic N) is 5. The van der Waals surface area contributed by atoms with Crippen LogP contribution >= 0.6 is 0 Å². The van der Waals surface area contributed by atoms with E-state index >= 15 is 0 Å². The Hall–Kier alpha value is -1.93. The molecule has 1 aliphatic carbocycles. The van der Waals surface area contributed by atoms with Crippen LogP contribution in [0.2, 0.25) is 0 Å². The Morgan fingerprint density at radius 1 is 1.26 bits per heavy atom. The van der Waals surface area contributed by atoms with Crippen LogP contribution in [-0.2, 0) is 12.8 Å². The molecular weight excluding hydrogens is 390 g/mol. The maximum atomic E-state index is 13.0. The molecule has 3 N–H and O–H groups in total. The van der Waals surface area contributed by atoms with E-state index in [0.717, 1.165) is 76.9 Å². The third-order valence-corrected chi connectivity index (χ3v) is 6.70. The Labute approximate surface area is 187 Å². The second kappa shape index (κ2) is 11.1. The summed E-state index contributed by atoms with van der Waals surface area (Å²) in [5.41, 5.74) is 8.16. The summed E-state index contributed by atoms with van der Waals surface area (Å²) in [4.78, 5) is 28.4. The lowest BCUT2D eigenvalue weighted by Crippen LogP contribution is -2.59. The molecule has 1 aromatic heterocycles. The van der Waals surface area contributed by atoms with Gasteiger partial charge in [-0.1, -0.05) is 6.92 Å². The molecule has 0 unspecified atom stereocenters. The number of rotatable bonds is 9. The SMILES string of the molecule is CCCN1C[C@@H](NC(=O)N(CC)CCCCN(C)C)C[C@@H]2Cc3nc(N)ncc3C[C@H]21. The molecule has 174 valence electrons. The molecule has 8 nitrogen and oxygen atoms in total. The van der Waals surface area contributed by atoms with E-state index in [9.17, 15) is 4.79 Å². The number of fused-ring (bicyclic) bond motifs is 2. The Bertz CT molecular complexity index is 726. The van der Waals surface area contributed by atoms with Gasteiger partial charge in [0.05, 0.1) is 0 Å². The van der Waals surface area contributed by atoms with Crippen molar-refractivity contribution in [1.29, 1.82) is 0 Å². The second-order valence-corrected chi connectivity index (χ2v) is 9.40. The number of hydrogen-bond donors (Lipinski definition) is 2. The first-order valence-electron chi connectivity index (χ1n) is 12.0. The number of piperidine rings is 1. The molecule has 1 aromatic rings. The van der Waals surface area contributed by atoms with Crippen molar-refractivity contribution in [1.82, 2.24) is 30.0 Å². The molecule has 2 amide bonds. The lowest BCUT2D eigenvalue weighted by atomic mass is 9.76. The minimum atomic E-state index is 0.0787. The van der Waals surface area contributed by atoms with Gasteiger partial charge in [0, 0.05) is 43.6 Å². The number of hydrogen-bond acceptors (Lipinski definition) is 6. The number of unbranched alkanes of at least 4 members (excludes halogenated alkanes) is 1. The molecule has 1 fully saturated rings. The van der Waals surface area contributed by atoms with Crippen molar-refractivity contribution in [2.75, 3.05) is 52.6 Å². The fourth-order valence-corrected chi connectivity index (χ4v) is 5.16. The molecule has 0 spiro atoms. The van der Waals surface area contributed by atoms with E-state index in [0.29, 0.717) is 17.9 Å². The van der Waals surface area contributed by atoms with Crippen molar-refractivity contribution in [3.05, 3.63) is 17.5 Å². The van der Waals surface area contributed by atoms with E-state index in [2.05, 4.69) is 53.0 Å². The first-order valence-corrected chi connectivity index (χ1v) is 12.0. The topological polar surface area (TPSA) is 90.6 Å². The van der Waals surface area contributed by atoms with Crippen molar-refractivity contribution in [2.24, 2.45) is 5.92 Å². The Kier molecular flexibility index (Phi) is 8.49. The molecule has 0 radical (unpaired) electrons. The summed E-state index contributed by atoms with van der Waals surface area (Å²) in [5.74, 6) is 0.846. The van der Waals surface area contributed by atoms with Crippen LogP contribution in [0, 0.1) is 5.92 Å². The highest BCUT2D eigenvalue weighted by Gasteiger charge is 2.40. The van der Waals surface area contributed by atoms with Crippen LogP contribution < -0.4 is 11.1 Å². The molecule has 3 atom stereocenters. The lowest BCUT2D eigenvalue weighted by molar-refractivity contribution is 0.0625. The first-order chi connectivity index (χ1) is 14.9. The molecule has 1 aliphatic heterocycles. The van der Waals surface area contributed by atoms with Gasteiger partial charge in [0.25, 0.3) is 0 Å². The predicted octanol–water partition coefficient (Wildman–Crippen LogP) is 2.00. The number of aromatic nitrogens is 2. The zero-order chi connectivity index (χ0) is 22.4. The average molecular weight is 432 g/mol. The van der Waals surface area contributed by atoms with E-state index in [1.165, 1.54) is 5.56 Å². The Balaban J connectivity index is 1.61. The molecular formula is C23H41N7O. The highest BCUT2D eigenvalue weighted by atomic mass is 16.2. The van der Waals surface area contributed by atoms with Gasteiger partial charge in [0.1, 0.15) is 0 Å². The van der Waals surface area contributed by atoms with E-state index < -0.39 is 0 Å². The Morgan fingerprint density at radius 3 is 2.74 bits per heavy atom. The van der Waals surface area contributed by atoms with E-state index in [4.69, 9.17) is 5.73 Å². The number of nitrogens with two attached hydrogens (primary N) is 1. The molecule has 8 heteroatoms. The van der Waals surface area contributed by atoms with Crippen molar-refractivity contribution >= 4 is 12.0 Å². The van der Waals surface area contributed by atoms with Crippen molar-refractivity contribution in [3.63, 3.8) is 0 Å². The summed E-state index contributed by atoms with van der Waals surface area (Å²) in [6, 6.07) is 0.757. The third-order valence-electron chi connectivity index (χ3n) is 6.70. The number of amides is 2. The van der Waals surface area contributed by atoms with Gasteiger partial charge in [-0.2, -0.15) is 0 Å². The smallest absolute Gasteiger partial charge is 0.317 e. The normalized spacial score (nSPS) is 23.3. The van der Waals surface area contributed by atoms with Gasteiger partial charge in [0.15, 0.2) is 0 Å². The summed E-state index contributed by atoms with van der Waals surface area (Å²) in [6.45, 7) is 8.89. The first kappa shape index (κ1) is 23.7. The number of carbonyl (C=O) groups is 1. The second-order valence-electron chi connectivity index (χ2n) is 9.40. The molecule has 0 aromatic carbocycles. The van der Waals surface area contributed by atoms with E-state index in [-0.39, 0.29) is 12.1 Å². The average Bonchev–Trinajstić information content (AvgIpc) is 2.72. The fourth-order valence-electron chi connectivity index (χ4n) is 5.16. The van der Waals surface area contributed by atoms with Gasteiger partial charge >= 0.3 is 6.03 Å². The molecule has 2 heterocycles. The lowest BCUT2D eigenvalue weighted by Gasteiger charge is -2.47. The summed E-state index contributed by atoms with van der Waals surface area (Å²) in [7, 11) is 4.18. The van der Waals surface area contributed by atoms with Crippen LogP contribution in [0.1, 0.15) is 50.8 Å². The zero-order valence-corrected chi connectivity index (χ0v) is 19.8. The van der Waals surface area contributed by atoms with Crippen molar-refractivity contribution < 1.29 is 4.79 Å². The van der Waals surface area contributed by atoms with Gasteiger partial charge in [-0.15, -0.1) is 0 Å². The molecule has 31 heavy (non-hydrogen) atoms. The predicted molar refractivity (Wildman–Crippen MR) is 125 cm³/mol. The van der Waals surface area contributed by atoms with Gasteiger partial charge in [0.2, 0.25) is 5.95 Å². The minimum Gasteiger partial charge on any atom is -0.368 e. The van der Waals surface area contributed by atoms with Crippen LogP contribution in [0.3, 0.4) is 0 Å². The largest absolute Gasteiger partial charge is 0.368 e. The maximum Gasteiger partial charge on any atom is 0.317 e. The molecule has 2 aliphatic rings. The standard InChI is InChI=1S/C23H41N7O/c1-5-9-30-16-19(26-23(31)29(6-2)11-8-7-10-28(3)4)12-17-13-20-18(14-21(17)30)15-25-22(24)27-20/h15,17,19,21H,5-14,16H2,1-4H3,(H,26,31)(H2,24,25,27)/t17-,19+,21-/m1/s1. The maximum absolute atomic E-state index is 13.0. The van der Waals surface area contributed by atoms with Crippen LogP contribution in [0.15, 0.2) is 6.20 Å². The number of nitrogens with one attached hydrogen (secondary N) is 1. The molecule has 0 bridgehead atoms. The van der Waals surface area contributed by atoms with E-state index in [1.54, 1.807) is 0 Å². The molecule has 0 saturated carbocycles. The number of anilines is 1.